The summed E-state index contributed by atoms with van der Waals surface area (Å²) in [4.78, 5) is 21.8. The molecule has 33 heavy (non-hydrogen) atoms. The molecule has 0 spiro atoms. The second kappa shape index (κ2) is 9.60. The van der Waals surface area contributed by atoms with Gasteiger partial charge in [0.2, 0.25) is 5.91 Å². The van der Waals surface area contributed by atoms with Crippen molar-refractivity contribution in [1.29, 1.82) is 0 Å². The second-order valence-electron chi connectivity index (χ2n) is 7.19. The van der Waals surface area contributed by atoms with Crippen molar-refractivity contribution in [2.75, 3.05) is 25.1 Å². The van der Waals surface area contributed by atoms with Gasteiger partial charge in [-0.25, -0.2) is 9.97 Å². The monoisotopic (exact) mass is 479 g/mol. The number of fused-ring (bicyclic) bond motifs is 1. The number of amides is 1. The second-order valence-corrected chi connectivity index (χ2v) is 8.91. The lowest BCUT2D eigenvalue weighted by Gasteiger charge is -2.18. The highest BCUT2D eigenvalue weighted by Crippen LogP contribution is 2.35. The molecule has 0 unspecified atom stereocenters. The minimum atomic E-state index is -0.159. The predicted molar refractivity (Wildman–Crippen MR) is 130 cm³/mol. The summed E-state index contributed by atoms with van der Waals surface area (Å²) in [5, 5.41) is 8.06. The molecule has 0 saturated heterocycles. The Kier molecular flexibility index (Phi) is 6.23. The maximum absolute atomic E-state index is 12.6. The maximum Gasteiger partial charge on any atom is 0.232 e. The van der Waals surface area contributed by atoms with Gasteiger partial charge in [-0.05, 0) is 37.3 Å². The highest BCUT2D eigenvalue weighted by atomic mass is 32.1. The lowest BCUT2D eigenvalue weighted by Crippen LogP contribution is -2.15. The van der Waals surface area contributed by atoms with Crippen molar-refractivity contribution in [1.82, 2.24) is 9.97 Å². The van der Waals surface area contributed by atoms with Gasteiger partial charge < -0.3 is 19.5 Å². The van der Waals surface area contributed by atoms with Crippen molar-refractivity contribution in [2.24, 2.45) is 0 Å². The van der Waals surface area contributed by atoms with E-state index in [1.54, 1.807) is 0 Å². The van der Waals surface area contributed by atoms with Crippen molar-refractivity contribution in [2.45, 2.75) is 13.3 Å². The average molecular weight is 480 g/mol. The van der Waals surface area contributed by atoms with Gasteiger partial charge in [0.25, 0.3) is 0 Å². The normalized spacial score (nSPS) is 12.4. The highest BCUT2D eigenvalue weighted by molar-refractivity contribution is 7.14. The fourth-order valence-corrected chi connectivity index (χ4v) is 5.02. The first kappa shape index (κ1) is 21.4. The van der Waals surface area contributed by atoms with E-state index in [4.69, 9.17) is 14.2 Å². The van der Waals surface area contributed by atoms with Crippen LogP contribution in [0.1, 0.15) is 12.6 Å². The summed E-state index contributed by atoms with van der Waals surface area (Å²) in [6.07, 6.45) is 0.173. The largest absolute Gasteiger partial charge is 0.493 e. The molecule has 1 N–H and O–H groups in total. The number of anilines is 1. The Bertz CT molecular complexity index is 1280. The summed E-state index contributed by atoms with van der Waals surface area (Å²) in [7, 11) is 0. The smallest absolute Gasteiger partial charge is 0.232 e. The Morgan fingerprint density at radius 1 is 1.06 bits per heavy atom. The molecule has 7 nitrogen and oxygen atoms in total. The maximum atomic E-state index is 12.6. The number of rotatable bonds is 7. The van der Waals surface area contributed by atoms with Gasteiger partial charge >= 0.3 is 0 Å². The molecule has 5 rings (SSSR count). The fraction of sp³-hybridized carbons (Fsp3) is 0.208. The number of carbonyl (C=O) groups is 1. The Morgan fingerprint density at radius 2 is 1.91 bits per heavy atom. The van der Waals surface area contributed by atoms with Gasteiger partial charge in [0.1, 0.15) is 24.0 Å². The Morgan fingerprint density at radius 3 is 2.79 bits per heavy atom. The van der Waals surface area contributed by atoms with Crippen LogP contribution in [0.25, 0.3) is 21.8 Å². The molecule has 0 aliphatic carbocycles. The minimum Gasteiger partial charge on any atom is -0.493 e. The molecular formula is C24H21N3O4S2. The summed E-state index contributed by atoms with van der Waals surface area (Å²) < 4.78 is 16.9. The van der Waals surface area contributed by atoms with E-state index in [1.165, 1.54) is 22.7 Å². The number of nitrogens with zero attached hydrogens (tertiary/aromatic N) is 2. The average Bonchev–Trinajstić information content (AvgIpc) is 3.49. The molecule has 3 heterocycles. The van der Waals surface area contributed by atoms with Crippen LogP contribution in [-0.4, -0.2) is 35.7 Å². The van der Waals surface area contributed by atoms with Crippen molar-refractivity contribution >= 4 is 33.7 Å². The molecule has 0 radical (unpaired) electrons. The van der Waals surface area contributed by atoms with Gasteiger partial charge in [-0.2, -0.15) is 0 Å². The summed E-state index contributed by atoms with van der Waals surface area (Å²) in [5.41, 5.74) is 3.33. The van der Waals surface area contributed by atoms with E-state index in [0.29, 0.717) is 36.4 Å². The van der Waals surface area contributed by atoms with Crippen LogP contribution < -0.4 is 19.5 Å². The molecule has 2 aromatic carbocycles. The van der Waals surface area contributed by atoms with Gasteiger partial charge in [-0.1, -0.05) is 12.1 Å². The quantitative estimate of drug-likeness (QED) is 0.388. The van der Waals surface area contributed by atoms with Gasteiger partial charge in [0, 0.05) is 16.3 Å². The molecule has 0 fully saturated rings. The van der Waals surface area contributed by atoms with Crippen LogP contribution in [0.2, 0.25) is 0 Å². The summed E-state index contributed by atoms with van der Waals surface area (Å²) >= 11 is 2.88. The number of aromatic nitrogens is 2. The van der Waals surface area contributed by atoms with Crippen LogP contribution in [0, 0.1) is 0 Å². The predicted octanol–water partition coefficient (Wildman–Crippen LogP) is 5.28. The highest BCUT2D eigenvalue weighted by Gasteiger charge is 2.16. The van der Waals surface area contributed by atoms with Gasteiger partial charge in [-0.3, -0.25) is 4.79 Å². The van der Waals surface area contributed by atoms with Crippen LogP contribution in [0.15, 0.2) is 53.2 Å². The number of hydrogen-bond acceptors (Lipinski definition) is 8. The summed E-state index contributed by atoms with van der Waals surface area (Å²) in [6, 6.07) is 13.5. The number of carbonyl (C=O) groups excluding carboxylic acids is 1. The Balaban J connectivity index is 1.24. The molecule has 168 valence electrons. The third-order valence-corrected chi connectivity index (χ3v) is 6.58. The van der Waals surface area contributed by atoms with E-state index in [1.807, 2.05) is 60.1 Å². The number of benzene rings is 2. The molecule has 2 aromatic heterocycles. The van der Waals surface area contributed by atoms with Gasteiger partial charge in [-0.15, -0.1) is 22.7 Å². The van der Waals surface area contributed by atoms with Crippen LogP contribution in [0.3, 0.4) is 0 Å². The molecule has 1 aliphatic rings. The molecule has 9 heteroatoms. The molecule has 1 amide bonds. The summed E-state index contributed by atoms with van der Waals surface area (Å²) in [6.45, 7) is 3.62. The lowest BCUT2D eigenvalue weighted by atomic mass is 10.1. The van der Waals surface area contributed by atoms with Crippen LogP contribution in [0.5, 0.6) is 17.2 Å². The topological polar surface area (TPSA) is 82.6 Å². The third kappa shape index (κ3) is 4.84. The number of para-hydroxylation sites is 1. The van der Waals surface area contributed by atoms with Crippen molar-refractivity contribution in [3.63, 3.8) is 0 Å². The Labute approximate surface area is 199 Å². The zero-order valence-corrected chi connectivity index (χ0v) is 19.5. The summed E-state index contributed by atoms with van der Waals surface area (Å²) in [5.74, 6) is 2.08. The third-order valence-electron chi connectivity index (χ3n) is 4.90. The van der Waals surface area contributed by atoms with Crippen LogP contribution >= 0.6 is 22.7 Å². The van der Waals surface area contributed by atoms with Crippen molar-refractivity contribution in [3.05, 3.63) is 58.9 Å². The number of nitrogens with one attached hydrogen (secondary N) is 1. The standard InChI is InChI=1S/C24H21N3O4S2/c1-2-29-19-6-4-3-5-17(19)23-25-16(13-32-23)12-22(28)27-24-26-18(14-33-24)15-7-8-20-21(11-15)31-10-9-30-20/h3-8,11,13-14H,2,9-10,12H2,1H3,(H,26,27,28). The zero-order chi connectivity index (χ0) is 22.6. The van der Waals surface area contributed by atoms with Crippen molar-refractivity contribution < 1.29 is 19.0 Å². The van der Waals surface area contributed by atoms with Gasteiger partial charge in [0.05, 0.1) is 30.0 Å². The first-order chi connectivity index (χ1) is 16.2. The molecule has 0 bridgehead atoms. The minimum absolute atomic E-state index is 0.159. The number of ether oxygens (including phenoxy) is 3. The lowest BCUT2D eigenvalue weighted by molar-refractivity contribution is -0.115. The van der Waals surface area contributed by atoms with E-state index < -0.39 is 0 Å². The number of thiazole rings is 2. The first-order valence-corrected chi connectivity index (χ1v) is 12.3. The molecule has 1 aliphatic heterocycles. The van der Waals surface area contributed by atoms with E-state index in [2.05, 4.69) is 15.3 Å². The van der Waals surface area contributed by atoms with Crippen LogP contribution in [0.4, 0.5) is 5.13 Å². The molecule has 0 saturated carbocycles. The SMILES string of the molecule is CCOc1ccccc1-c1nc(CC(=O)Nc2nc(-c3ccc4c(c3)OCCO4)cs2)cs1. The van der Waals surface area contributed by atoms with E-state index in [0.717, 1.165) is 33.3 Å². The number of hydrogen-bond donors (Lipinski definition) is 1. The van der Waals surface area contributed by atoms with E-state index in [-0.39, 0.29) is 12.3 Å². The van der Waals surface area contributed by atoms with Gasteiger partial charge in [0.15, 0.2) is 16.6 Å². The Hall–Kier alpha value is -3.43. The fourth-order valence-electron chi connectivity index (χ4n) is 3.43. The van der Waals surface area contributed by atoms with Crippen molar-refractivity contribution in [3.8, 4) is 39.1 Å². The van der Waals surface area contributed by atoms with Crippen LogP contribution in [-0.2, 0) is 11.2 Å². The van der Waals surface area contributed by atoms with E-state index in [9.17, 15) is 4.79 Å². The molecular weight excluding hydrogens is 458 g/mol. The first-order valence-electron chi connectivity index (χ1n) is 10.5. The molecule has 0 atom stereocenters. The van der Waals surface area contributed by atoms with E-state index >= 15 is 0 Å². The zero-order valence-electron chi connectivity index (χ0n) is 17.9. The molecule has 4 aromatic rings.